The van der Waals surface area contributed by atoms with Crippen LogP contribution in [0.5, 0.6) is 0 Å². The summed E-state index contributed by atoms with van der Waals surface area (Å²) in [6.45, 7) is 5.15. The van der Waals surface area contributed by atoms with Crippen molar-refractivity contribution in [3.05, 3.63) is 42.6 Å². The third-order valence-electron chi connectivity index (χ3n) is 5.15. The highest BCUT2D eigenvalue weighted by molar-refractivity contribution is 5.81. The molecule has 0 saturated carbocycles. The average Bonchev–Trinajstić information content (AvgIpc) is 3.40. The summed E-state index contributed by atoms with van der Waals surface area (Å²) in [4.78, 5) is 18.8. The summed E-state index contributed by atoms with van der Waals surface area (Å²) in [7, 11) is 0. The molecule has 3 aromatic heterocycles. The minimum Gasteiger partial charge on any atom is -0.382 e. The van der Waals surface area contributed by atoms with Gasteiger partial charge in [-0.05, 0) is 12.1 Å². The van der Waals surface area contributed by atoms with Gasteiger partial charge in [0.1, 0.15) is 11.5 Å². The molecule has 1 aromatic carbocycles. The van der Waals surface area contributed by atoms with Gasteiger partial charge in [0.05, 0.1) is 48.9 Å². The van der Waals surface area contributed by atoms with E-state index in [4.69, 9.17) is 10.5 Å². The molecule has 1 fully saturated rings. The lowest BCUT2D eigenvalue weighted by Crippen LogP contribution is -2.38. The molecular formula is C20H21FN8O. The van der Waals surface area contributed by atoms with E-state index >= 15 is 0 Å². The summed E-state index contributed by atoms with van der Waals surface area (Å²) < 4.78 is 20.7. The van der Waals surface area contributed by atoms with Gasteiger partial charge in [0.15, 0.2) is 11.6 Å². The van der Waals surface area contributed by atoms with Crippen molar-refractivity contribution in [3.8, 4) is 22.8 Å². The van der Waals surface area contributed by atoms with E-state index in [-0.39, 0.29) is 11.6 Å². The Bertz CT molecular complexity index is 1180. The van der Waals surface area contributed by atoms with Crippen molar-refractivity contribution in [2.75, 3.05) is 38.6 Å². The van der Waals surface area contributed by atoms with Gasteiger partial charge >= 0.3 is 0 Å². The summed E-state index contributed by atoms with van der Waals surface area (Å²) >= 11 is 0. The maximum atomic E-state index is 13.5. The van der Waals surface area contributed by atoms with Crippen molar-refractivity contribution >= 4 is 16.9 Å². The molecule has 1 aliphatic heterocycles. The van der Waals surface area contributed by atoms with Crippen LogP contribution in [0.15, 0.2) is 36.8 Å². The van der Waals surface area contributed by atoms with Gasteiger partial charge in [-0.25, -0.2) is 19.3 Å². The van der Waals surface area contributed by atoms with Crippen LogP contribution in [0.3, 0.4) is 0 Å². The van der Waals surface area contributed by atoms with Crippen LogP contribution in [0.25, 0.3) is 33.8 Å². The number of benzene rings is 1. The zero-order valence-electron chi connectivity index (χ0n) is 16.3. The maximum absolute atomic E-state index is 13.5. The predicted molar refractivity (Wildman–Crippen MR) is 110 cm³/mol. The van der Waals surface area contributed by atoms with E-state index in [2.05, 4.69) is 29.9 Å². The number of nitrogen functional groups attached to an aromatic ring is 1. The summed E-state index contributed by atoms with van der Waals surface area (Å²) in [5, 5.41) is 4.44. The molecule has 0 radical (unpaired) electrons. The minimum absolute atomic E-state index is 0.248. The van der Waals surface area contributed by atoms with E-state index in [1.807, 2.05) is 10.9 Å². The van der Waals surface area contributed by atoms with Gasteiger partial charge in [-0.3, -0.25) is 9.58 Å². The molecule has 30 heavy (non-hydrogen) atoms. The standard InChI is InChI=1S/C20H21FN8O/c21-14-1-2-15-16(9-14)27-20(26-15)18-19(22)23-11-17(25-18)13-10-24-29(12-13)4-3-28-5-7-30-8-6-28/h1-2,9-12H,3-8H2,(H2,22,23)(H,26,27). The lowest BCUT2D eigenvalue weighted by molar-refractivity contribution is 0.0360. The van der Waals surface area contributed by atoms with E-state index < -0.39 is 0 Å². The molecule has 0 amide bonds. The first-order chi connectivity index (χ1) is 14.7. The molecular weight excluding hydrogens is 387 g/mol. The zero-order valence-corrected chi connectivity index (χ0v) is 16.3. The molecule has 1 saturated heterocycles. The number of imidazole rings is 1. The first-order valence-electron chi connectivity index (χ1n) is 9.77. The fraction of sp³-hybridized carbons (Fsp3) is 0.300. The van der Waals surface area contributed by atoms with Gasteiger partial charge in [-0.1, -0.05) is 0 Å². The molecule has 0 unspecified atom stereocenters. The first kappa shape index (κ1) is 18.6. The van der Waals surface area contributed by atoms with Crippen molar-refractivity contribution in [2.24, 2.45) is 0 Å². The van der Waals surface area contributed by atoms with Gasteiger partial charge in [0, 0.05) is 37.5 Å². The maximum Gasteiger partial charge on any atom is 0.161 e. The van der Waals surface area contributed by atoms with Crippen molar-refractivity contribution < 1.29 is 9.13 Å². The minimum atomic E-state index is -0.349. The smallest absolute Gasteiger partial charge is 0.161 e. The summed E-state index contributed by atoms with van der Waals surface area (Å²) in [6, 6.07) is 4.37. The Morgan fingerprint density at radius 1 is 1.13 bits per heavy atom. The summed E-state index contributed by atoms with van der Waals surface area (Å²) in [5.41, 5.74) is 9.16. The number of aromatic amines is 1. The van der Waals surface area contributed by atoms with Crippen LogP contribution in [0, 0.1) is 5.82 Å². The van der Waals surface area contributed by atoms with Gasteiger partial charge < -0.3 is 15.5 Å². The van der Waals surface area contributed by atoms with Gasteiger partial charge in [0.2, 0.25) is 0 Å². The number of nitrogens with zero attached hydrogens (tertiary/aromatic N) is 6. The lowest BCUT2D eigenvalue weighted by atomic mass is 10.2. The molecule has 154 valence electrons. The molecule has 0 atom stereocenters. The SMILES string of the molecule is Nc1ncc(-c2cnn(CCN3CCOCC3)c2)nc1-c1nc2cc(F)ccc2[nH]1. The number of aromatic nitrogens is 6. The van der Waals surface area contributed by atoms with Gasteiger partial charge in [-0.15, -0.1) is 0 Å². The topological polar surface area (TPSA) is 111 Å². The van der Waals surface area contributed by atoms with Crippen LogP contribution >= 0.6 is 0 Å². The molecule has 4 heterocycles. The number of H-pyrrole nitrogens is 1. The Morgan fingerprint density at radius 2 is 2.00 bits per heavy atom. The Labute approximate surface area is 171 Å². The van der Waals surface area contributed by atoms with Gasteiger partial charge in [0.25, 0.3) is 0 Å². The molecule has 0 aliphatic carbocycles. The van der Waals surface area contributed by atoms with E-state index in [0.717, 1.165) is 45.0 Å². The molecule has 1 aliphatic rings. The normalized spacial score (nSPS) is 15.1. The van der Waals surface area contributed by atoms with Crippen LogP contribution in [-0.2, 0) is 11.3 Å². The van der Waals surface area contributed by atoms with E-state index in [9.17, 15) is 4.39 Å². The third-order valence-corrected chi connectivity index (χ3v) is 5.15. The molecule has 0 bridgehead atoms. The second-order valence-corrected chi connectivity index (χ2v) is 7.18. The summed E-state index contributed by atoms with van der Waals surface area (Å²) in [5.74, 6) is 0.345. The highest BCUT2D eigenvalue weighted by atomic mass is 19.1. The Kier molecular flexibility index (Phi) is 4.85. The number of rotatable bonds is 5. The number of nitrogens with two attached hydrogens (primary N) is 1. The molecule has 3 N–H and O–H groups in total. The number of fused-ring (bicyclic) bond motifs is 1. The Hall–Kier alpha value is -3.37. The first-order valence-corrected chi connectivity index (χ1v) is 9.77. The molecule has 5 rings (SSSR count). The zero-order chi connectivity index (χ0) is 20.5. The monoisotopic (exact) mass is 408 g/mol. The number of anilines is 1. The quantitative estimate of drug-likeness (QED) is 0.519. The second-order valence-electron chi connectivity index (χ2n) is 7.18. The van der Waals surface area contributed by atoms with Crippen LogP contribution in [0.1, 0.15) is 0 Å². The highest BCUT2D eigenvalue weighted by Gasteiger charge is 2.15. The van der Waals surface area contributed by atoms with E-state index in [1.165, 1.54) is 12.1 Å². The van der Waals surface area contributed by atoms with Crippen molar-refractivity contribution in [3.63, 3.8) is 0 Å². The number of ether oxygens (including phenoxy) is 1. The fourth-order valence-corrected chi connectivity index (χ4v) is 3.49. The number of morpholine rings is 1. The van der Waals surface area contributed by atoms with Crippen LogP contribution < -0.4 is 5.73 Å². The predicted octanol–water partition coefficient (Wildman–Crippen LogP) is 1.94. The van der Waals surface area contributed by atoms with Crippen molar-refractivity contribution in [2.45, 2.75) is 6.54 Å². The van der Waals surface area contributed by atoms with E-state index in [1.54, 1.807) is 18.5 Å². The van der Waals surface area contributed by atoms with Crippen LogP contribution in [-0.4, -0.2) is 67.5 Å². The highest BCUT2D eigenvalue weighted by Crippen LogP contribution is 2.26. The fourth-order valence-electron chi connectivity index (χ4n) is 3.49. The molecule has 10 heteroatoms. The molecule has 0 spiro atoms. The molecule has 9 nitrogen and oxygen atoms in total. The lowest BCUT2D eigenvalue weighted by Gasteiger charge is -2.26. The Balaban J connectivity index is 1.38. The van der Waals surface area contributed by atoms with Crippen molar-refractivity contribution in [1.82, 2.24) is 34.6 Å². The number of halogens is 1. The summed E-state index contributed by atoms with van der Waals surface area (Å²) in [6.07, 6.45) is 5.32. The van der Waals surface area contributed by atoms with Crippen molar-refractivity contribution in [1.29, 1.82) is 0 Å². The number of nitrogens with one attached hydrogen (secondary N) is 1. The number of hydrogen-bond donors (Lipinski definition) is 2. The average molecular weight is 408 g/mol. The number of hydrogen-bond acceptors (Lipinski definition) is 7. The van der Waals surface area contributed by atoms with E-state index in [0.29, 0.717) is 28.2 Å². The van der Waals surface area contributed by atoms with Crippen LogP contribution in [0.2, 0.25) is 0 Å². The van der Waals surface area contributed by atoms with Crippen LogP contribution in [0.4, 0.5) is 10.2 Å². The molecule has 4 aromatic rings. The Morgan fingerprint density at radius 3 is 2.87 bits per heavy atom. The third kappa shape index (κ3) is 3.74. The second kappa shape index (κ2) is 7.81. The van der Waals surface area contributed by atoms with Gasteiger partial charge in [-0.2, -0.15) is 5.10 Å². The largest absolute Gasteiger partial charge is 0.382 e.